The molecule has 1 saturated heterocycles. The van der Waals surface area contributed by atoms with Crippen molar-refractivity contribution in [1.82, 2.24) is 5.32 Å². The molecule has 0 saturated carbocycles. The van der Waals surface area contributed by atoms with Crippen LogP contribution < -0.4 is 5.32 Å². The van der Waals surface area contributed by atoms with Crippen molar-refractivity contribution in [2.24, 2.45) is 0 Å². The molecule has 1 heterocycles. The fraction of sp³-hybridized carbons (Fsp3) is 0.923. The summed E-state index contributed by atoms with van der Waals surface area (Å²) in [5, 5.41) is 3.28. The summed E-state index contributed by atoms with van der Waals surface area (Å²) in [6.45, 7) is 6.33. The molecule has 0 spiro atoms. The van der Waals surface area contributed by atoms with Gasteiger partial charge in [-0.25, -0.2) is 0 Å². The lowest BCUT2D eigenvalue weighted by atomic mass is 10.1. The van der Waals surface area contributed by atoms with Crippen LogP contribution >= 0.6 is 0 Å². The highest BCUT2D eigenvalue weighted by molar-refractivity contribution is 5.75. The lowest BCUT2D eigenvalue weighted by Crippen LogP contribution is -2.21. The summed E-state index contributed by atoms with van der Waals surface area (Å²) in [6, 6.07) is 0. The number of carbonyl (C=O) groups is 1. The Morgan fingerprint density at radius 3 is 2.07 bits per heavy atom. The maximum Gasteiger partial charge on any atom is 0.129 e. The van der Waals surface area contributed by atoms with Gasteiger partial charge in [-0.15, -0.1) is 0 Å². The maximum absolute atomic E-state index is 10.4. The molecule has 0 aromatic carbocycles. The monoisotopic (exact) mass is 213 g/mol. The number of ketones is 1. The second kappa shape index (κ2) is 11.7. The lowest BCUT2D eigenvalue weighted by Gasteiger charge is -2.08. The van der Waals surface area contributed by atoms with Gasteiger partial charge in [0.05, 0.1) is 0 Å². The molecule has 1 rings (SSSR count). The van der Waals surface area contributed by atoms with E-state index in [0.29, 0.717) is 5.78 Å². The quantitative estimate of drug-likeness (QED) is 0.710. The first kappa shape index (κ1) is 14.6. The summed E-state index contributed by atoms with van der Waals surface area (Å²) in [5.74, 6) is 0.325. The highest BCUT2D eigenvalue weighted by atomic mass is 16.1. The SMILES string of the molecule is C1CCNCC1.CCCCCCC(C)=O. The topological polar surface area (TPSA) is 29.1 Å². The summed E-state index contributed by atoms with van der Waals surface area (Å²) in [6.07, 6.45) is 9.82. The molecule has 0 aromatic rings. The van der Waals surface area contributed by atoms with Crippen molar-refractivity contribution < 1.29 is 4.79 Å². The fourth-order valence-corrected chi connectivity index (χ4v) is 1.60. The molecule has 0 unspecified atom stereocenters. The minimum absolute atomic E-state index is 0.325. The second-order valence-electron chi connectivity index (χ2n) is 4.32. The lowest BCUT2D eigenvalue weighted by molar-refractivity contribution is -0.117. The zero-order valence-corrected chi connectivity index (χ0v) is 10.5. The van der Waals surface area contributed by atoms with Gasteiger partial charge < -0.3 is 10.1 Å². The van der Waals surface area contributed by atoms with E-state index in [-0.39, 0.29) is 0 Å². The minimum atomic E-state index is 0.325. The van der Waals surface area contributed by atoms with Gasteiger partial charge in [0.25, 0.3) is 0 Å². The van der Waals surface area contributed by atoms with E-state index in [4.69, 9.17) is 0 Å². The van der Waals surface area contributed by atoms with E-state index in [9.17, 15) is 4.79 Å². The number of hydrogen-bond acceptors (Lipinski definition) is 2. The van der Waals surface area contributed by atoms with Crippen LogP contribution in [0.25, 0.3) is 0 Å². The number of nitrogens with one attached hydrogen (secondary N) is 1. The van der Waals surface area contributed by atoms with Crippen LogP contribution in [0.4, 0.5) is 0 Å². The van der Waals surface area contributed by atoms with Crippen molar-refractivity contribution in [3.8, 4) is 0 Å². The van der Waals surface area contributed by atoms with Gasteiger partial charge in [-0.2, -0.15) is 0 Å². The average Bonchev–Trinajstić information content (AvgIpc) is 2.28. The van der Waals surface area contributed by atoms with Gasteiger partial charge in [0, 0.05) is 6.42 Å². The Balaban J connectivity index is 0.000000280. The Bertz CT molecular complexity index is 130. The normalized spacial score (nSPS) is 15.3. The zero-order chi connectivity index (χ0) is 11.4. The number of hydrogen-bond donors (Lipinski definition) is 1. The highest BCUT2D eigenvalue weighted by Gasteiger charge is 1.93. The Kier molecular flexibility index (Phi) is 11.4. The van der Waals surface area contributed by atoms with E-state index >= 15 is 0 Å². The van der Waals surface area contributed by atoms with Crippen LogP contribution in [0.15, 0.2) is 0 Å². The molecule has 2 heteroatoms. The van der Waals surface area contributed by atoms with E-state index in [0.717, 1.165) is 12.8 Å². The molecule has 15 heavy (non-hydrogen) atoms. The summed E-state index contributed by atoms with van der Waals surface area (Å²) < 4.78 is 0. The summed E-state index contributed by atoms with van der Waals surface area (Å²) >= 11 is 0. The van der Waals surface area contributed by atoms with Crippen LogP contribution in [0.1, 0.15) is 65.2 Å². The van der Waals surface area contributed by atoms with Crippen LogP contribution in [-0.2, 0) is 4.79 Å². The van der Waals surface area contributed by atoms with Crippen molar-refractivity contribution >= 4 is 5.78 Å². The van der Waals surface area contributed by atoms with Crippen molar-refractivity contribution in [1.29, 1.82) is 0 Å². The fourth-order valence-electron chi connectivity index (χ4n) is 1.60. The molecule has 0 aromatic heterocycles. The molecule has 2 nitrogen and oxygen atoms in total. The second-order valence-corrected chi connectivity index (χ2v) is 4.32. The van der Waals surface area contributed by atoms with Crippen molar-refractivity contribution in [3.63, 3.8) is 0 Å². The van der Waals surface area contributed by atoms with Crippen molar-refractivity contribution in [2.45, 2.75) is 65.2 Å². The molecule has 1 aliphatic rings. The number of unbranched alkanes of at least 4 members (excludes halogenated alkanes) is 3. The number of rotatable bonds is 5. The Hall–Kier alpha value is -0.370. The van der Waals surface area contributed by atoms with Crippen LogP contribution in [-0.4, -0.2) is 18.9 Å². The largest absolute Gasteiger partial charge is 0.317 e. The van der Waals surface area contributed by atoms with E-state index in [1.165, 1.54) is 51.6 Å². The molecule has 0 aliphatic carbocycles. The van der Waals surface area contributed by atoms with Gasteiger partial charge in [-0.3, -0.25) is 0 Å². The van der Waals surface area contributed by atoms with Gasteiger partial charge in [0.15, 0.2) is 0 Å². The van der Waals surface area contributed by atoms with Crippen LogP contribution in [0, 0.1) is 0 Å². The summed E-state index contributed by atoms with van der Waals surface area (Å²) in [4.78, 5) is 10.4. The number of piperidine rings is 1. The van der Waals surface area contributed by atoms with E-state index in [1.54, 1.807) is 6.92 Å². The first-order chi connectivity index (χ1) is 7.27. The Morgan fingerprint density at radius 1 is 1.07 bits per heavy atom. The molecule has 0 amide bonds. The molecule has 90 valence electrons. The Labute approximate surface area is 94.8 Å². The number of carbonyl (C=O) groups excluding carboxylic acids is 1. The standard InChI is InChI=1S/C8H16O.C5H11N/c1-3-4-5-6-7-8(2)9;1-2-4-6-5-3-1/h3-7H2,1-2H3;6H,1-5H2. The van der Waals surface area contributed by atoms with Crippen LogP contribution in [0.5, 0.6) is 0 Å². The molecular formula is C13H27NO. The van der Waals surface area contributed by atoms with Gasteiger partial charge in [-0.05, 0) is 39.3 Å². The summed E-state index contributed by atoms with van der Waals surface area (Å²) in [5.41, 5.74) is 0. The van der Waals surface area contributed by atoms with E-state index < -0.39 is 0 Å². The predicted octanol–water partition coefficient (Wildman–Crippen LogP) is 3.31. The average molecular weight is 213 g/mol. The molecule has 1 aliphatic heterocycles. The predicted molar refractivity (Wildman–Crippen MR) is 66.2 cm³/mol. The van der Waals surface area contributed by atoms with E-state index in [1.807, 2.05) is 0 Å². The third-order valence-corrected chi connectivity index (χ3v) is 2.59. The molecule has 0 bridgehead atoms. The van der Waals surface area contributed by atoms with Gasteiger partial charge in [0.2, 0.25) is 0 Å². The highest BCUT2D eigenvalue weighted by Crippen LogP contribution is 2.01. The Morgan fingerprint density at radius 2 is 1.73 bits per heavy atom. The molecule has 1 N–H and O–H groups in total. The molecular weight excluding hydrogens is 186 g/mol. The third-order valence-electron chi connectivity index (χ3n) is 2.59. The molecule has 1 fully saturated rings. The first-order valence-electron chi connectivity index (χ1n) is 6.47. The van der Waals surface area contributed by atoms with Gasteiger partial charge >= 0.3 is 0 Å². The van der Waals surface area contributed by atoms with Gasteiger partial charge in [0.1, 0.15) is 5.78 Å². The molecule has 0 atom stereocenters. The van der Waals surface area contributed by atoms with Crippen LogP contribution in [0.2, 0.25) is 0 Å². The number of Topliss-reactive ketones (excluding diaryl/α,β-unsaturated/α-hetero) is 1. The molecule has 0 radical (unpaired) electrons. The van der Waals surface area contributed by atoms with Crippen molar-refractivity contribution in [3.05, 3.63) is 0 Å². The third kappa shape index (κ3) is 13.6. The van der Waals surface area contributed by atoms with Crippen molar-refractivity contribution in [2.75, 3.05) is 13.1 Å². The minimum Gasteiger partial charge on any atom is -0.317 e. The van der Waals surface area contributed by atoms with Gasteiger partial charge in [-0.1, -0.05) is 32.6 Å². The van der Waals surface area contributed by atoms with E-state index in [2.05, 4.69) is 12.2 Å². The smallest absolute Gasteiger partial charge is 0.129 e. The maximum atomic E-state index is 10.4. The first-order valence-corrected chi connectivity index (χ1v) is 6.47. The summed E-state index contributed by atoms with van der Waals surface area (Å²) in [7, 11) is 0. The van der Waals surface area contributed by atoms with Crippen LogP contribution in [0.3, 0.4) is 0 Å². The zero-order valence-electron chi connectivity index (χ0n) is 10.5.